The number of aromatic nitrogens is 2. The zero-order valence-electron chi connectivity index (χ0n) is 18.6. The second-order valence-electron chi connectivity index (χ2n) is 8.08. The lowest BCUT2D eigenvalue weighted by atomic mass is 9.97. The number of nitrogens with zero attached hydrogens (tertiary/aromatic N) is 4. The lowest BCUT2D eigenvalue weighted by Gasteiger charge is -2.32. The molecule has 0 atom stereocenters. The Morgan fingerprint density at radius 2 is 1.88 bits per heavy atom. The average molecular weight is 565 g/mol. The van der Waals surface area contributed by atoms with E-state index in [1.165, 1.54) is 41.9 Å². The minimum Gasteiger partial charge on any atom is -0.356 e. The number of hydrogen-bond donors (Lipinski definition) is 2. The van der Waals surface area contributed by atoms with E-state index in [0.717, 1.165) is 32.1 Å². The molecule has 6 nitrogen and oxygen atoms in total. The number of rotatable bonds is 8. The molecule has 1 saturated heterocycles. The first-order chi connectivity index (χ1) is 15.3. The Kier molecular flexibility index (Phi) is 10.0. The molecule has 1 aliphatic rings. The molecule has 1 fully saturated rings. The summed E-state index contributed by atoms with van der Waals surface area (Å²) in [5.41, 5.74) is 2.54. The van der Waals surface area contributed by atoms with Crippen LogP contribution in [0.4, 0.5) is 0 Å². The number of hydrogen-bond acceptors (Lipinski definition) is 4. The first kappa shape index (κ1) is 24.7. The number of nitrogens with one attached hydrogen (secondary N) is 2. The van der Waals surface area contributed by atoms with E-state index in [-0.39, 0.29) is 24.0 Å². The molecule has 1 aromatic carbocycles. The van der Waals surface area contributed by atoms with Crippen molar-refractivity contribution >= 4 is 41.3 Å². The number of likely N-dealkylation sites (tertiary alicyclic amines) is 1. The molecule has 32 heavy (non-hydrogen) atoms. The molecule has 0 unspecified atom stereocenters. The van der Waals surface area contributed by atoms with Crippen molar-refractivity contribution < 1.29 is 0 Å². The third-order valence-electron chi connectivity index (χ3n) is 5.90. The number of thiophene rings is 1. The van der Waals surface area contributed by atoms with Gasteiger partial charge in [-0.3, -0.25) is 14.6 Å². The van der Waals surface area contributed by atoms with Crippen LogP contribution in [0, 0.1) is 5.92 Å². The van der Waals surface area contributed by atoms with Crippen LogP contribution in [0.2, 0.25) is 0 Å². The standard InChI is InChI=1S/C24H32N6S.HI/c1-25-24(26-16-20-9-13-29(14-10-20)19-23-8-4-15-31-23)27-17-21-6-2-3-7-22(21)18-30-12-5-11-28-30;/h2-8,11-12,15,20H,9-10,13-14,16-19H2,1H3,(H2,25,26,27);1H. The maximum absolute atomic E-state index is 4.43. The summed E-state index contributed by atoms with van der Waals surface area (Å²) in [5, 5.41) is 13.5. The van der Waals surface area contributed by atoms with E-state index < -0.39 is 0 Å². The van der Waals surface area contributed by atoms with Crippen LogP contribution in [0.1, 0.15) is 28.8 Å². The van der Waals surface area contributed by atoms with Crippen molar-refractivity contribution in [2.75, 3.05) is 26.7 Å². The van der Waals surface area contributed by atoms with Crippen molar-refractivity contribution in [2.24, 2.45) is 10.9 Å². The van der Waals surface area contributed by atoms with E-state index in [1.807, 2.05) is 41.5 Å². The number of halogens is 1. The normalized spacial score (nSPS) is 15.3. The third kappa shape index (κ3) is 7.31. The first-order valence-corrected chi connectivity index (χ1v) is 11.9. The summed E-state index contributed by atoms with van der Waals surface area (Å²) >= 11 is 1.86. The van der Waals surface area contributed by atoms with Gasteiger partial charge in [0.1, 0.15) is 0 Å². The number of piperidine rings is 1. The van der Waals surface area contributed by atoms with Gasteiger partial charge in [-0.15, -0.1) is 35.3 Å². The predicted molar refractivity (Wildman–Crippen MR) is 144 cm³/mol. The zero-order chi connectivity index (χ0) is 21.3. The van der Waals surface area contributed by atoms with Gasteiger partial charge in [0.2, 0.25) is 0 Å². The van der Waals surface area contributed by atoms with E-state index >= 15 is 0 Å². The highest BCUT2D eigenvalue weighted by atomic mass is 127. The lowest BCUT2D eigenvalue weighted by Crippen LogP contribution is -2.42. The smallest absolute Gasteiger partial charge is 0.191 e. The molecule has 8 heteroatoms. The van der Waals surface area contributed by atoms with Gasteiger partial charge in [-0.2, -0.15) is 5.10 Å². The van der Waals surface area contributed by atoms with E-state index in [2.05, 4.69) is 67.4 Å². The summed E-state index contributed by atoms with van der Waals surface area (Å²) in [6.07, 6.45) is 6.29. The minimum atomic E-state index is 0. The summed E-state index contributed by atoms with van der Waals surface area (Å²) in [6, 6.07) is 14.8. The second kappa shape index (κ2) is 13.0. The Morgan fingerprint density at radius 1 is 1.06 bits per heavy atom. The van der Waals surface area contributed by atoms with Gasteiger partial charge in [0.25, 0.3) is 0 Å². The van der Waals surface area contributed by atoms with Crippen molar-refractivity contribution in [2.45, 2.75) is 32.5 Å². The summed E-state index contributed by atoms with van der Waals surface area (Å²) in [5.74, 6) is 1.57. The van der Waals surface area contributed by atoms with Crippen molar-refractivity contribution in [1.82, 2.24) is 25.3 Å². The van der Waals surface area contributed by atoms with E-state index in [4.69, 9.17) is 0 Å². The quantitative estimate of drug-likeness (QED) is 0.245. The van der Waals surface area contributed by atoms with Crippen molar-refractivity contribution in [3.05, 3.63) is 76.2 Å². The van der Waals surface area contributed by atoms with Crippen LogP contribution in [0.5, 0.6) is 0 Å². The zero-order valence-corrected chi connectivity index (χ0v) is 21.8. The molecule has 0 saturated carbocycles. The van der Waals surface area contributed by atoms with Gasteiger partial charge in [-0.05, 0) is 60.5 Å². The predicted octanol–water partition coefficient (Wildman–Crippen LogP) is 4.19. The summed E-state index contributed by atoms with van der Waals surface area (Å²) in [4.78, 5) is 8.47. The van der Waals surface area contributed by atoms with Crippen LogP contribution < -0.4 is 10.6 Å². The molecule has 3 heterocycles. The molecule has 4 rings (SSSR count). The van der Waals surface area contributed by atoms with Crippen LogP contribution in [-0.2, 0) is 19.6 Å². The molecular formula is C24H33IN6S. The monoisotopic (exact) mass is 564 g/mol. The highest BCUT2D eigenvalue weighted by molar-refractivity contribution is 14.0. The Hall–Kier alpha value is -1.91. The third-order valence-corrected chi connectivity index (χ3v) is 6.77. The molecule has 2 aromatic heterocycles. The Bertz CT molecular complexity index is 933. The van der Waals surface area contributed by atoms with Crippen LogP contribution in [-0.4, -0.2) is 47.3 Å². The SMILES string of the molecule is CN=C(NCc1ccccc1Cn1cccn1)NCC1CCN(Cc2cccs2)CC1.I. The van der Waals surface area contributed by atoms with Gasteiger partial charge in [0, 0.05) is 44.0 Å². The van der Waals surface area contributed by atoms with Crippen molar-refractivity contribution in [1.29, 1.82) is 0 Å². The van der Waals surface area contributed by atoms with Gasteiger partial charge in [-0.25, -0.2) is 0 Å². The van der Waals surface area contributed by atoms with Crippen LogP contribution in [0.25, 0.3) is 0 Å². The van der Waals surface area contributed by atoms with Gasteiger partial charge >= 0.3 is 0 Å². The number of aliphatic imine (C=N–C) groups is 1. The van der Waals surface area contributed by atoms with Crippen LogP contribution in [0.15, 0.2) is 65.2 Å². The van der Waals surface area contributed by atoms with Crippen LogP contribution in [0.3, 0.4) is 0 Å². The molecule has 2 N–H and O–H groups in total. The molecule has 172 valence electrons. The Balaban J connectivity index is 0.00000289. The largest absolute Gasteiger partial charge is 0.356 e. The number of benzene rings is 1. The fourth-order valence-corrected chi connectivity index (χ4v) is 4.81. The Morgan fingerprint density at radius 3 is 2.56 bits per heavy atom. The van der Waals surface area contributed by atoms with E-state index in [9.17, 15) is 0 Å². The molecule has 0 spiro atoms. The van der Waals surface area contributed by atoms with Crippen molar-refractivity contribution in [3.63, 3.8) is 0 Å². The van der Waals surface area contributed by atoms with Crippen LogP contribution >= 0.6 is 35.3 Å². The Labute approximate surface area is 212 Å². The molecule has 3 aromatic rings. The molecule has 0 amide bonds. The first-order valence-electron chi connectivity index (χ1n) is 11.0. The highest BCUT2D eigenvalue weighted by Gasteiger charge is 2.19. The average Bonchev–Trinajstić information content (AvgIpc) is 3.50. The lowest BCUT2D eigenvalue weighted by molar-refractivity contribution is 0.179. The molecule has 0 bridgehead atoms. The van der Waals surface area contributed by atoms with E-state index in [1.54, 1.807) is 0 Å². The van der Waals surface area contributed by atoms with Crippen molar-refractivity contribution in [3.8, 4) is 0 Å². The maximum atomic E-state index is 4.43. The second-order valence-corrected chi connectivity index (χ2v) is 9.11. The van der Waals surface area contributed by atoms with E-state index in [0.29, 0.717) is 5.92 Å². The summed E-state index contributed by atoms with van der Waals surface area (Å²) < 4.78 is 1.96. The minimum absolute atomic E-state index is 0. The van der Waals surface area contributed by atoms with Gasteiger partial charge in [-0.1, -0.05) is 30.3 Å². The number of guanidine groups is 1. The molecule has 0 radical (unpaired) electrons. The fraction of sp³-hybridized carbons (Fsp3) is 0.417. The van der Waals surface area contributed by atoms with Gasteiger partial charge in [0.15, 0.2) is 5.96 Å². The molecule has 1 aliphatic heterocycles. The summed E-state index contributed by atoms with van der Waals surface area (Å²) in [7, 11) is 1.84. The topological polar surface area (TPSA) is 57.5 Å². The molecule has 0 aliphatic carbocycles. The fourth-order valence-electron chi connectivity index (χ4n) is 4.06. The van der Waals surface area contributed by atoms with Gasteiger partial charge < -0.3 is 10.6 Å². The summed E-state index contributed by atoms with van der Waals surface area (Å²) in [6.45, 7) is 5.95. The maximum Gasteiger partial charge on any atom is 0.191 e. The highest BCUT2D eigenvalue weighted by Crippen LogP contribution is 2.20. The molecular weight excluding hydrogens is 531 g/mol. The van der Waals surface area contributed by atoms with Gasteiger partial charge in [0.05, 0.1) is 6.54 Å².